The SMILES string of the molecule is [CH2]C(CCCCCCCCCC)C(N)=O. The molecule has 2 heteroatoms. The fourth-order valence-corrected chi connectivity index (χ4v) is 1.67. The standard InChI is InChI=1S/C13H26NO/c1-3-4-5-6-7-8-9-10-11-12(2)13(14)15/h12H,2-11H2,1H3,(H2,14,15). The number of amides is 1. The van der Waals surface area contributed by atoms with Crippen LogP contribution in [0.1, 0.15) is 64.7 Å². The summed E-state index contributed by atoms with van der Waals surface area (Å²) >= 11 is 0. The fraction of sp³-hybridized carbons (Fsp3) is 0.846. The van der Waals surface area contributed by atoms with Crippen LogP contribution in [0.15, 0.2) is 0 Å². The normalized spacial score (nSPS) is 12.7. The van der Waals surface area contributed by atoms with E-state index in [4.69, 9.17) is 5.73 Å². The van der Waals surface area contributed by atoms with Crippen LogP contribution < -0.4 is 5.73 Å². The largest absolute Gasteiger partial charge is 0.369 e. The summed E-state index contributed by atoms with van der Waals surface area (Å²) in [4.78, 5) is 10.7. The van der Waals surface area contributed by atoms with Crippen molar-refractivity contribution in [2.45, 2.75) is 64.7 Å². The lowest BCUT2D eigenvalue weighted by atomic mass is 10.0. The van der Waals surface area contributed by atoms with Crippen molar-refractivity contribution in [1.82, 2.24) is 0 Å². The van der Waals surface area contributed by atoms with Gasteiger partial charge in [0.25, 0.3) is 0 Å². The first-order valence-corrected chi connectivity index (χ1v) is 6.31. The first-order chi connectivity index (χ1) is 7.18. The molecule has 2 nitrogen and oxygen atoms in total. The van der Waals surface area contributed by atoms with Crippen LogP contribution in [-0.4, -0.2) is 5.91 Å². The van der Waals surface area contributed by atoms with Crippen LogP contribution in [0.5, 0.6) is 0 Å². The molecule has 0 saturated heterocycles. The molecule has 0 aromatic heterocycles. The maximum absolute atomic E-state index is 10.7. The topological polar surface area (TPSA) is 43.1 Å². The molecule has 0 aliphatic heterocycles. The summed E-state index contributed by atoms with van der Waals surface area (Å²) in [5.41, 5.74) is 5.13. The van der Waals surface area contributed by atoms with E-state index in [0.717, 1.165) is 12.8 Å². The fourth-order valence-electron chi connectivity index (χ4n) is 1.67. The van der Waals surface area contributed by atoms with Crippen LogP contribution in [0.25, 0.3) is 0 Å². The molecular weight excluding hydrogens is 186 g/mol. The number of carbonyl (C=O) groups excluding carboxylic acids is 1. The number of rotatable bonds is 10. The predicted octanol–water partition coefficient (Wildman–Crippen LogP) is 3.45. The summed E-state index contributed by atoms with van der Waals surface area (Å²) < 4.78 is 0. The molecule has 0 saturated carbocycles. The van der Waals surface area contributed by atoms with Gasteiger partial charge in [-0.1, -0.05) is 58.3 Å². The Morgan fingerprint density at radius 1 is 1.07 bits per heavy atom. The summed E-state index contributed by atoms with van der Waals surface area (Å²) in [5.74, 6) is -0.456. The molecule has 0 rings (SSSR count). The minimum atomic E-state index is -0.266. The number of hydrogen-bond acceptors (Lipinski definition) is 1. The lowest BCUT2D eigenvalue weighted by Gasteiger charge is -2.06. The van der Waals surface area contributed by atoms with E-state index in [1.807, 2.05) is 0 Å². The monoisotopic (exact) mass is 212 g/mol. The summed E-state index contributed by atoms with van der Waals surface area (Å²) in [7, 11) is 0. The third-order valence-electron chi connectivity index (χ3n) is 2.81. The van der Waals surface area contributed by atoms with Gasteiger partial charge in [-0.25, -0.2) is 0 Å². The van der Waals surface area contributed by atoms with Crippen molar-refractivity contribution in [2.24, 2.45) is 11.7 Å². The minimum Gasteiger partial charge on any atom is -0.369 e. The minimum absolute atomic E-state index is 0.190. The molecule has 1 radical (unpaired) electrons. The molecule has 1 unspecified atom stereocenters. The van der Waals surface area contributed by atoms with Crippen molar-refractivity contribution in [3.05, 3.63) is 6.92 Å². The Morgan fingerprint density at radius 2 is 1.53 bits per heavy atom. The number of carbonyl (C=O) groups is 1. The molecule has 0 aromatic carbocycles. The zero-order valence-corrected chi connectivity index (χ0v) is 10.1. The number of primary amides is 1. The van der Waals surface area contributed by atoms with Crippen LogP contribution in [0.4, 0.5) is 0 Å². The first kappa shape index (κ1) is 14.5. The van der Waals surface area contributed by atoms with E-state index >= 15 is 0 Å². The first-order valence-electron chi connectivity index (χ1n) is 6.31. The molecule has 0 heterocycles. The highest BCUT2D eigenvalue weighted by Gasteiger charge is 2.07. The molecule has 0 aromatic rings. The van der Waals surface area contributed by atoms with Gasteiger partial charge >= 0.3 is 0 Å². The summed E-state index contributed by atoms with van der Waals surface area (Å²) in [6.07, 6.45) is 11.2. The van der Waals surface area contributed by atoms with Gasteiger partial charge in [0.1, 0.15) is 0 Å². The highest BCUT2D eigenvalue weighted by Crippen LogP contribution is 2.12. The van der Waals surface area contributed by atoms with E-state index in [9.17, 15) is 4.79 Å². The molecule has 2 N–H and O–H groups in total. The molecular formula is C13H26NO. The summed E-state index contributed by atoms with van der Waals surface area (Å²) in [6.45, 7) is 5.96. The van der Waals surface area contributed by atoms with Gasteiger partial charge in [0, 0.05) is 5.92 Å². The number of unbranched alkanes of at least 4 members (excludes halogenated alkanes) is 7. The Hall–Kier alpha value is -0.530. The Bertz CT molecular complexity index is 157. The van der Waals surface area contributed by atoms with Crippen molar-refractivity contribution in [3.63, 3.8) is 0 Å². The van der Waals surface area contributed by atoms with Crippen LogP contribution in [0.2, 0.25) is 0 Å². The van der Waals surface area contributed by atoms with E-state index in [1.54, 1.807) is 0 Å². The van der Waals surface area contributed by atoms with E-state index < -0.39 is 0 Å². The van der Waals surface area contributed by atoms with Gasteiger partial charge in [-0.3, -0.25) is 4.79 Å². The highest BCUT2D eigenvalue weighted by molar-refractivity contribution is 5.77. The molecule has 89 valence electrons. The maximum Gasteiger partial charge on any atom is 0.220 e. The third kappa shape index (κ3) is 9.77. The summed E-state index contributed by atoms with van der Waals surface area (Å²) in [6, 6.07) is 0. The Labute approximate surface area is 94.6 Å². The molecule has 0 fully saturated rings. The Kier molecular flexibility index (Phi) is 9.65. The summed E-state index contributed by atoms with van der Waals surface area (Å²) in [5, 5.41) is 0. The smallest absolute Gasteiger partial charge is 0.220 e. The third-order valence-corrected chi connectivity index (χ3v) is 2.81. The Balaban J connectivity index is 3.08. The zero-order chi connectivity index (χ0) is 11.5. The lowest BCUT2D eigenvalue weighted by molar-refractivity contribution is -0.120. The van der Waals surface area contributed by atoms with Crippen molar-refractivity contribution in [1.29, 1.82) is 0 Å². The highest BCUT2D eigenvalue weighted by atomic mass is 16.1. The average Bonchev–Trinajstić information content (AvgIpc) is 2.21. The van der Waals surface area contributed by atoms with Gasteiger partial charge in [-0.05, 0) is 13.3 Å². The van der Waals surface area contributed by atoms with E-state index in [1.165, 1.54) is 44.9 Å². The average molecular weight is 212 g/mol. The van der Waals surface area contributed by atoms with Gasteiger partial charge in [-0.15, -0.1) is 0 Å². The van der Waals surface area contributed by atoms with Gasteiger partial charge in [0.05, 0.1) is 0 Å². The number of hydrogen-bond donors (Lipinski definition) is 1. The van der Waals surface area contributed by atoms with Crippen LogP contribution in [-0.2, 0) is 4.79 Å². The van der Waals surface area contributed by atoms with Crippen LogP contribution >= 0.6 is 0 Å². The van der Waals surface area contributed by atoms with Crippen molar-refractivity contribution < 1.29 is 4.79 Å². The molecule has 0 aliphatic rings. The Morgan fingerprint density at radius 3 is 2.00 bits per heavy atom. The van der Waals surface area contributed by atoms with Crippen molar-refractivity contribution in [2.75, 3.05) is 0 Å². The van der Waals surface area contributed by atoms with Crippen molar-refractivity contribution in [3.8, 4) is 0 Å². The van der Waals surface area contributed by atoms with Gasteiger partial charge < -0.3 is 5.73 Å². The van der Waals surface area contributed by atoms with Crippen molar-refractivity contribution >= 4 is 5.91 Å². The molecule has 0 bridgehead atoms. The molecule has 0 aliphatic carbocycles. The molecule has 1 atom stereocenters. The van der Waals surface area contributed by atoms with Gasteiger partial charge in [0.2, 0.25) is 5.91 Å². The molecule has 15 heavy (non-hydrogen) atoms. The van der Waals surface area contributed by atoms with E-state index in [2.05, 4.69) is 13.8 Å². The molecule has 1 amide bonds. The lowest BCUT2D eigenvalue weighted by Crippen LogP contribution is -2.20. The zero-order valence-electron chi connectivity index (χ0n) is 10.1. The second-order valence-corrected chi connectivity index (χ2v) is 4.36. The number of nitrogens with two attached hydrogens (primary N) is 1. The van der Waals surface area contributed by atoms with Crippen LogP contribution in [0, 0.1) is 12.8 Å². The van der Waals surface area contributed by atoms with E-state index in [-0.39, 0.29) is 11.8 Å². The van der Waals surface area contributed by atoms with Gasteiger partial charge in [-0.2, -0.15) is 0 Å². The van der Waals surface area contributed by atoms with E-state index in [0.29, 0.717) is 0 Å². The van der Waals surface area contributed by atoms with Gasteiger partial charge in [0.15, 0.2) is 0 Å². The predicted molar refractivity (Wildman–Crippen MR) is 65.3 cm³/mol. The second kappa shape index (κ2) is 10.0. The maximum atomic E-state index is 10.7. The second-order valence-electron chi connectivity index (χ2n) is 4.36. The van der Waals surface area contributed by atoms with Crippen LogP contribution in [0.3, 0.4) is 0 Å². The molecule has 0 spiro atoms. The quantitative estimate of drug-likeness (QED) is 0.554.